The van der Waals surface area contributed by atoms with Crippen LogP contribution in [0.2, 0.25) is 0 Å². The van der Waals surface area contributed by atoms with Crippen molar-refractivity contribution < 1.29 is 0 Å². The Hall–Kier alpha value is -1.23. The van der Waals surface area contributed by atoms with Gasteiger partial charge in [0.15, 0.2) is 0 Å². The average Bonchev–Trinajstić information content (AvgIpc) is 2.41. The van der Waals surface area contributed by atoms with Crippen LogP contribution in [0.5, 0.6) is 0 Å². The molecule has 4 N–H and O–H groups in total. The summed E-state index contributed by atoms with van der Waals surface area (Å²) in [6, 6.07) is 0. The SMILES string of the molecule is Nc1cn2cnsc2c1N. The highest BCUT2D eigenvalue weighted by Crippen LogP contribution is 2.25. The van der Waals surface area contributed by atoms with Crippen LogP contribution in [0.25, 0.3) is 4.83 Å². The van der Waals surface area contributed by atoms with E-state index in [1.807, 2.05) is 4.40 Å². The van der Waals surface area contributed by atoms with E-state index in [2.05, 4.69) is 4.37 Å². The van der Waals surface area contributed by atoms with Gasteiger partial charge in [-0.3, -0.25) is 4.40 Å². The molecule has 52 valence electrons. The number of rotatable bonds is 0. The lowest BCUT2D eigenvalue weighted by molar-refractivity contribution is 1.19. The molecular weight excluding hydrogens is 148 g/mol. The summed E-state index contributed by atoms with van der Waals surface area (Å²) in [4.78, 5) is 0.914. The standard InChI is InChI=1S/C5H6N4S/c6-3-1-9-2-8-10-5(9)4(3)7/h1-2H,6-7H2. The van der Waals surface area contributed by atoms with E-state index < -0.39 is 0 Å². The molecule has 0 aromatic carbocycles. The molecule has 5 heteroatoms. The van der Waals surface area contributed by atoms with E-state index in [1.54, 1.807) is 12.5 Å². The highest BCUT2D eigenvalue weighted by atomic mass is 32.1. The van der Waals surface area contributed by atoms with E-state index in [-0.39, 0.29) is 0 Å². The fourth-order valence-electron chi connectivity index (χ4n) is 0.847. The van der Waals surface area contributed by atoms with Crippen molar-refractivity contribution in [2.75, 3.05) is 11.5 Å². The van der Waals surface area contributed by atoms with Gasteiger partial charge in [-0.05, 0) is 11.5 Å². The molecule has 2 rings (SSSR count). The molecule has 10 heavy (non-hydrogen) atoms. The first-order valence-corrected chi connectivity index (χ1v) is 3.52. The van der Waals surface area contributed by atoms with Crippen molar-refractivity contribution in [1.82, 2.24) is 8.77 Å². The van der Waals surface area contributed by atoms with E-state index in [0.717, 1.165) is 4.83 Å². The maximum atomic E-state index is 5.61. The third kappa shape index (κ3) is 0.522. The van der Waals surface area contributed by atoms with Gasteiger partial charge in [0.05, 0.1) is 11.4 Å². The predicted octanol–water partition coefficient (Wildman–Crippen LogP) is 0.560. The number of nitrogens with zero attached hydrogens (tertiary/aromatic N) is 2. The smallest absolute Gasteiger partial charge is 0.145 e. The summed E-state index contributed by atoms with van der Waals surface area (Å²) in [5, 5.41) is 0. The highest BCUT2D eigenvalue weighted by molar-refractivity contribution is 7.12. The zero-order valence-electron chi connectivity index (χ0n) is 5.11. The molecule has 0 bridgehead atoms. The van der Waals surface area contributed by atoms with Crippen LogP contribution in [0.1, 0.15) is 0 Å². The molecule has 0 radical (unpaired) electrons. The first kappa shape index (κ1) is 5.55. The maximum Gasteiger partial charge on any atom is 0.145 e. The number of anilines is 2. The largest absolute Gasteiger partial charge is 0.396 e. The second-order valence-corrected chi connectivity index (χ2v) is 2.80. The van der Waals surface area contributed by atoms with E-state index in [4.69, 9.17) is 11.5 Å². The minimum Gasteiger partial charge on any atom is -0.396 e. The summed E-state index contributed by atoms with van der Waals surface area (Å²) < 4.78 is 5.75. The Morgan fingerprint density at radius 2 is 2.30 bits per heavy atom. The molecule has 0 atom stereocenters. The molecule has 2 aromatic heterocycles. The highest BCUT2D eigenvalue weighted by Gasteiger charge is 2.04. The van der Waals surface area contributed by atoms with Gasteiger partial charge in [0.25, 0.3) is 0 Å². The fraction of sp³-hybridized carbons (Fsp3) is 0. The van der Waals surface area contributed by atoms with E-state index in [0.29, 0.717) is 11.4 Å². The Bertz CT molecular complexity index is 360. The topological polar surface area (TPSA) is 69.3 Å². The molecule has 4 nitrogen and oxygen atoms in total. The molecule has 2 heterocycles. The van der Waals surface area contributed by atoms with Crippen molar-refractivity contribution in [2.45, 2.75) is 0 Å². The third-order valence-corrected chi connectivity index (χ3v) is 2.17. The molecular formula is C5H6N4S. The average molecular weight is 154 g/mol. The number of hydrogen-bond donors (Lipinski definition) is 2. The second-order valence-electron chi connectivity index (χ2n) is 2.02. The number of nitrogen functional groups attached to an aromatic ring is 2. The molecule has 0 aliphatic carbocycles. The van der Waals surface area contributed by atoms with Gasteiger partial charge in [-0.15, -0.1) is 0 Å². The Labute approximate surface area is 61.2 Å². The van der Waals surface area contributed by atoms with Gasteiger partial charge in [-0.2, -0.15) is 4.37 Å². The van der Waals surface area contributed by atoms with Crippen LogP contribution < -0.4 is 11.5 Å². The molecule has 0 fully saturated rings. The van der Waals surface area contributed by atoms with Crippen LogP contribution in [0.3, 0.4) is 0 Å². The molecule has 0 saturated heterocycles. The molecule has 0 aliphatic heterocycles. The van der Waals surface area contributed by atoms with Crippen LogP contribution in [0.4, 0.5) is 11.4 Å². The maximum absolute atomic E-state index is 5.61. The zero-order valence-corrected chi connectivity index (χ0v) is 5.93. The Morgan fingerprint density at radius 1 is 1.50 bits per heavy atom. The Balaban J connectivity index is 2.95. The van der Waals surface area contributed by atoms with Crippen LogP contribution >= 0.6 is 11.5 Å². The third-order valence-electron chi connectivity index (χ3n) is 1.36. The number of aromatic nitrogens is 2. The second kappa shape index (κ2) is 1.63. The number of fused-ring (bicyclic) bond motifs is 1. The van der Waals surface area contributed by atoms with Crippen molar-refractivity contribution in [2.24, 2.45) is 0 Å². The molecule has 0 unspecified atom stereocenters. The van der Waals surface area contributed by atoms with Gasteiger partial charge in [0.2, 0.25) is 0 Å². The van der Waals surface area contributed by atoms with Gasteiger partial charge in [0.1, 0.15) is 11.2 Å². The van der Waals surface area contributed by atoms with Crippen LogP contribution in [-0.4, -0.2) is 8.77 Å². The van der Waals surface area contributed by atoms with Crippen molar-refractivity contribution in [3.63, 3.8) is 0 Å². The summed E-state index contributed by atoms with van der Waals surface area (Å²) in [5.41, 5.74) is 12.4. The van der Waals surface area contributed by atoms with Gasteiger partial charge in [-0.25, -0.2) is 0 Å². The first-order chi connectivity index (χ1) is 4.79. The van der Waals surface area contributed by atoms with Gasteiger partial charge in [0, 0.05) is 6.20 Å². The lowest BCUT2D eigenvalue weighted by Gasteiger charge is -1.83. The van der Waals surface area contributed by atoms with Crippen LogP contribution in [-0.2, 0) is 0 Å². The van der Waals surface area contributed by atoms with E-state index in [9.17, 15) is 0 Å². The normalized spacial score (nSPS) is 10.8. The minimum absolute atomic E-state index is 0.619. The first-order valence-electron chi connectivity index (χ1n) is 2.75. The monoisotopic (exact) mass is 154 g/mol. The van der Waals surface area contributed by atoms with E-state index >= 15 is 0 Å². The Kier molecular flexibility index (Phi) is 0.906. The lowest BCUT2D eigenvalue weighted by Crippen LogP contribution is -1.88. The van der Waals surface area contributed by atoms with Gasteiger partial charge < -0.3 is 11.5 Å². The minimum atomic E-state index is 0.619. The van der Waals surface area contributed by atoms with Crippen molar-refractivity contribution in [3.8, 4) is 0 Å². The predicted molar refractivity (Wildman–Crippen MR) is 41.9 cm³/mol. The Morgan fingerprint density at radius 3 is 3.00 bits per heavy atom. The summed E-state index contributed by atoms with van der Waals surface area (Å²) in [6.45, 7) is 0. The summed E-state index contributed by atoms with van der Waals surface area (Å²) in [6.07, 6.45) is 3.45. The quantitative estimate of drug-likeness (QED) is 0.582. The van der Waals surface area contributed by atoms with E-state index in [1.165, 1.54) is 11.5 Å². The lowest BCUT2D eigenvalue weighted by atomic mass is 10.5. The summed E-state index contributed by atoms with van der Waals surface area (Å²) in [5.74, 6) is 0. The van der Waals surface area contributed by atoms with Crippen LogP contribution in [0, 0.1) is 0 Å². The fourth-order valence-corrected chi connectivity index (χ4v) is 1.51. The molecule has 0 saturated carbocycles. The molecule has 0 spiro atoms. The molecule has 2 aromatic rings. The molecule has 0 aliphatic rings. The number of nitrogens with two attached hydrogens (primary N) is 2. The summed E-state index contributed by atoms with van der Waals surface area (Å²) >= 11 is 1.34. The number of hydrogen-bond acceptors (Lipinski definition) is 4. The van der Waals surface area contributed by atoms with Crippen LogP contribution in [0.15, 0.2) is 12.5 Å². The van der Waals surface area contributed by atoms with Crippen molar-refractivity contribution in [3.05, 3.63) is 12.5 Å². The van der Waals surface area contributed by atoms with Gasteiger partial charge >= 0.3 is 0 Å². The van der Waals surface area contributed by atoms with Gasteiger partial charge in [-0.1, -0.05) is 0 Å². The van der Waals surface area contributed by atoms with Crippen molar-refractivity contribution in [1.29, 1.82) is 0 Å². The van der Waals surface area contributed by atoms with Crippen molar-refractivity contribution >= 4 is 27.7 Å². The summed E-state index contributed by atoms with van der Waals surface area (Å²) in [7, 11) is 0. The molecule has 0 amide bonds. The zero-order chi connectivity index (χ0) is 7.14.